The van der Waals surface area contributed by atoms with Gasteiger partial charge in [0.25, 0.3) is 11.8 Å². The van der Waals surface area contributed by atoms with Gasteiger partial charge in [-0.05, 0) is 92.1 Å². The zero-order chi connectivity index (χ0) is 35.7. The molecule has 1 aliphatic heterocycles. The summed E-state index contributed by atoms with van der Waals surface area (Å²) in [4.78, 5) is 39.8. The Morgan fingerprint density at radius 2 is 1.78 bits per heavy atom. The van der Waals surface area contributed by atoms with E-state index in [1.54, 1.807) is 41.2 Å². The second-order valence-electron chi connectivity index (χ2n) is 11.9. The summed E-state index contributed by atoms with van der Waals surface area (Å²) in [6, 6.07) is 15.3. The molecule has 3 aromatic carbocycles. The van der Waals surface area contributed by atoms with Crippen LogP contribution in [0.15, 0.2) is 72.0 Å². The molecule has 0 saturated carbocycles. The molecule has 0 spiro atoms. The molecular formula is C35H35ClF3N7O4. The number of aryl methyl sites for hydroxylation is 1. The molecule has 0 atom stereocenters. The van der Waals surface area contributed by atoms with Gasteiger partial charge in [0.15, 0.2) is 0 Å². The minimum Gasteiger partial charge on any atom is -0.481 e. The number of carboxylic acid groups (broad SMARTS) is 1. The predicted molar refractivity (Wildman–Crippen MR) is 183 cm³/mol. The highest BCUT2D eigenvalue weighted by Crippen LogP contribution is 2.35. The molecule has 2 amide bonds. The lowest BCUT2D eigenvalue weighted by Crippen LogP contribution is -2.30. The Balaban J connectivity index is 1.30. The third kappa shape index (κ3) is 9.91. The molecule has 15 heteroatoms. The van der Waals surface area contributed by atoms with E-state index in [4.69, 9.17) is 16.7 Å². The van der Waals surface area contributed by atoms with Crippen molar-refractivity contribution < 1.29 is 32.7 Å². The number of alkyl halides is 3. The van der Waals surface area contributed by atoms with E-state index in [1.807, 2.05) is 12.1 Å². The maximum atomic E-state index is 13.5. The standard InChI is InChI=1S/C35H35ClF3N7O4/c36-30-13-11-23(18-29(30)35(37,38)39)20-40-43-34(50)28-19-27(45-15-4-1-5-16-45)12-14-31(28)41-33(49)25-8-6-7-24(17-25)21-46-22-26(42-44-46)9-2-3-10-32(47)48/h6-8,11-14,17-20,22H,1-5,9-10,15-16,21H2,(H,41,49)(H,43,50)(H,47,48)/b40-20-. The molecule has 11 nitrogen and oxygen atoms in total. The van der Waals surface area contributed by atoms with E-state index in [1.165, 1.54) is 6.07 Å². The van der Waals surface area contributed by atoms with Gasteiger partial charge in [0.05, 0.1) is 40.3 Å². The largest absolute Gasteiger partial charge is 0.481 e. The number of hydrogen-bond donors (Lipinski definition) is 3. The number of benzene rings is 3. The molecule has 50 heavy (non-hydrogen) atoms. The van der Waals surface area contributed by atoms with E-state index in [0.717, 1.165) is 67.6 Å². The number of rotatable bonds is 13. The van der Waals surface area contributed by atoms with E-state index in [9.17, 15) is 27.6 Å². The normalized spacial score (nSPS) is 13.4. The lowest BCUT2D eigenvalue weighted by molar-refractivity contribution is -0.138. The fraction of sp³-hybridized carbons (Fsp3) is 0.314. The number of piperidine rings is 1. The summed E-state index contributed by atoms with van der Waals surface area (Å²) in [6.07, 6.45) is 3.26. The highest BCUT2D eigenvalue weighted by Gasteiger charge is 2.33. The summed E-state index contributed by atoms with van der Waals surface area (Å²) in [5.74, 6) is -1.97. The van der Waals surface area contributed by atoms with Gasteiger partial charge in [-0.2, -0.15) is 18.3 Å². The van der Waals surface area contributed by atoms with E-state index in [0.29, 0.717) is 31.4 Å². The van der Waals surface area contributed by atoms with E-state index in [2.05, 4.69) is 31.1 Å². The quantitative estimate of drug-likeness (QED) is 0.0788. The van der Waals surface area contributed by atoms with Crippen molar-refractivity contribution in [2.24, 2.45) is 5.10 Å². The average molecular weight is 710 g/mol. The van der Waals surface area contributed by atoms with Crippen molar-refractivity contribution in [3.63, 3.8) is 0 Å². The first-order chi connectivity index (χ1) is 24.0. The summed E-state index contributed by atoms with van der Waals surface area (Å²) in [5.41, 5.74) is 4.43. The van der Waals surface area contributed by atoms with Gasteiger partial charge in [-0.1, -0.05) is 35.0 Å². The van der Waals surface area contributed by atoms with E-state index >= 15 is 0 Å². The molecule has 1 aliphatic rings. The van der Waals surface area contributed by atoms with Gasteiger partial charge in [0, 0.05) is 37.0 Å². The van der Waals surface area contributed by atoms with Crippen LogP contribution >= 0.6 is 11.6 Å². The van der Waals surface area contributed by atoms with Crippen molar-refractivity contribution in [2.45, 2.75) is 57.7 Å². The number of amides is 2. The number of halogens is 4. The van der Waals surface area contributed by atoms with Crippen molar-refractivity contribution in [3.05, 3.63) is 105 Å². The number of nitrogens with one attached hydrogen (secondary N) is 2. The number of carbonyl (C=O) groups excluding carboxylic acids is 2. The van der Waals surface area contributed by atoms with Crippen LogP contribution in [-0.4, -0.2) is 57.2 Å². The number of carbonyl (C=O) groups is 3. The first-order valence-corrected chi connectivity index (χ1v) is 16.4. The monoisotopic (exact) mass is 709 g/mol. The Bertz CT molecular complexity index is 1870. The second-order valence-corrected chi connectivity index (χ2v) is 12.3. The zero-order valence-electron chi connectivity index (χ0n) is 26.9. The molecule has 5 rings (SSSR count). The van der Waals surface area contributed by atoms with E-state index in [-0.39, 0.29) is 23.2 Å². The highest BCUT2D eigenvalue weighted by atomic mass is 35.5. The van der Waals surface area contributed by atoms with Gasteiger partial charge in [-0.25, -0.2) is 10.1 Å². The predicted octanol–water partition coefficient (Wildman–Crippen LogP) is 6.80. The molecule has 4 aromatic rings. The van der Waals surface area contributed by atoms with Crippen molar-refractivity contribution >= 4 is 47.0 Å². The molecule has 0 unspecified atom stereocenters. The minimum atomic E-state index is -4.66. The molecule has 262 valence electrons. The molecule has 0 radical (unpaired) electrons. The number of anilines is 2. The summed E-state index contributed by atoms with van der Waals surface area (Å²) in [6.45, 7) is 1.97. The molecule has 1 aromatic heterocycles. The van der Waals surface area contributed by atoms with Crippen LogP contribution in [0.3, 0.4) is 0 Å². The number of aromatic nitrogens is 3. The van der Waals surface area contributed by atoms with Crippen molar-refractivity contribution in [1.82, 2.24) is 20.4 Å². The first kappa shape index (κ1) is 36.1. The molecule has 1 fully saturated rings. The van der Waals surface area contributed by atoms with Crippen molar-refractivity contribution in [2.75, 3.05) is 23.3 Å². The van der Waals surface area contributed by atoms with Gasteiger partial charge in [-0.3, -0.25) is 14.4 Å². The number of hydrogen-bond acceptors (Lipinski definition) is 7. The third-order valence-electron chi connectivity index (χ3n) is 8.09. The maximum absolute atomic E-state index is 13.5. The molecule has 0 aliphatic carbocycles. The number of hydrazone groups is 1. The minimum absolute atomic E-state index is 0.0790. The Kier molecular flexibility index (Phi) is 11.9. The van der Waals surface area contributed by atoms with Gasteiger partial charge >= 0.3 is 12.1 Å². The molecule has 1 saturated heterocycles. The lowest BCUT2D eigenvalue weighted by Gasteiger charge is -2.29. The maximum Gasteiger partial charge on any atom is 0.417 e. The summed E-state index contributed by atoms with van der Waals surface area (Å²) >= 11 is 5.71. The van der Waals surface area contributed by atoms with Crippen LogP contribution in [0.2, 0.25) is 5.02 Å². The number of nitrogens with zero attached hydrogens (tertiary/aromatic N) is 5. The SMILES string of the molecule is O=C(O)CCCCc1cn(Cc2cccc(C(=O)Nc3ccc(N4CCCCC4)cc3C(=O)N/N=C\c3ccc(Cl)c(C(F)(F)F)c3)c2)nn1. The van der Waals surface area contributed by atoms with Crippen LogP contribution in [-0.2, 0) is 23.9 Å². The van der Waals surface area contributed by atoms with Crippen LogP contribution in [0.1, 0.15) is 81.6 Å². The Hall–Kier alpha value is -5.24. The number of carboxylic acids is 1. The van der Waals surface area contributed by atoms with Crippen LogP contribution in [0, 0.1) is 0 Å². The smallest absolute Gasteiger partial charge is 0.417 e. The summed E-state index contributed by atoms with van der Waals surface area (Å²) in [7, 11) is 0. The van der Waals surface area contributed by atoms with Crippen molar-refractivity contribution in [1.29, 1.82) is 0 Å². The Morgan fingerprint density at radius 1 is 0.980 bits per heavy atom. The van der Waals surface area contributed by atoms with Gasteiger partial charge in [0.2, 0.25) is 0 Å². The Labute approximate surface area is 291 Å². The fourth-order valence-corrected chi connectivity index (χ4v) is 5.77. The molecular weight excluding hydrogens is 675 g/mol. The Morgan fingerprint density at radius 3 is 2.54 bits per heavy atom. The topological polar surface area (TPSA) is 142 Å². The average Bonchev–Trinajstić information content (AvgIpc) is 3.54. The second kappa shape index (κ2) is 16.4. The van der Waals surface area contributed by atoms with Crippen LogP contribution < -0.4 is 15.6 Å². The molecule has 2 heterocycles. The molecule has 0 bridgehead atoms. The highest BCUT2D eigenvalue weighted by molar-refractivity contribution is 6.31. The molecule has 3 N–H and O–H groups in total. The van der Waals surface area contributed by atoms with Crippen LogP contribution in [0.25, 0.3) is 0 Å². The lowest BCUT2D eigenvalue weighted by atomic mass is 10.1. The number of aliphatic carboxylic acids is 1. The summed E-state index contributed by atoms with van der Waals surface area (Å²) < 4.78 is 41.5. The fourth-order valence-electron chi connectivity index (χ4n) is 5.55. The third-order valence-corrected chi connectivity index (χ3v) is 8.42. The zero-order valence-corrected chi connectivity index (χ0v) is 27.7. The van der Waals surface area contributed by atoms with Crippen LogP contribution in [0.5, 0.6) is 0 Å². The first-order valence-electron chi connectivity index (χ1n) is 16.1. The van der Waals surface area contributed by atoms with Gasteiger partial charge in [0.1, 0.15) is 0 Å². The van der Waals surface area contributed by atoms with E-state index < -0.39 is 34.5 Å². The summed E-state index contributed by atoms with van der Waals surface area (Å²) in [5, 5.41) is 23.3. The van der Waals surface area contributed by atoms with Gasteiger partial charge < -0.3 is 15.3 Å². The van der Waals surface area contributed by atoms with Crippen LogP contribution in [0.4, 0.5) is 24.5 Å². The number of unbranched alkanes of at least 4 members (excludes halogenated alkanes) is 1. The van der Waals surface area contributed by atoms with Gasteiger partial charge in [-0.15, -0.1) is 5.10 Å². The van der Waals surface area contributed by atoms with Crippen molar-refractivity contribution in [3.8, 4) is 0 Å².